The second kappa shape index (κ2) is 6.57. The second-order valence-electron chi connectivity index (χ2n) is 3.41. The van der Waals surface area contributed by atoms with Crippen LogP contribution in [-0.2, 0) is 9.53 Å². The van der Waals surface area contributed by atoms with Crippen molar-refractivity contribution >= 4 is 11.9 Å². The summed E-state index contributed by atoms with van der Waals surface area (Å²) >= 11 is 0. The van der Waals surface area contributed by atoms with E-state index in [9.17, 15) is 9.59 Å². The van der Waals surface area contributed by atoms with Crippen molar-refractivity contribution in [3.8, 4) is 0 Å². The molecule has 1 amide bonds. The van der Waals surface area contributed by atoms with E-state index in [0.717, 1.165) is 0 Å². The third-order valence-electron chi connectivity index (χ3n) is 2.13. The molecule has 1 aromatic heterocycles. The summed E-state index contributed by atoms with van der Waals surface area (Å²) in [6.07, 6.45) is 3.03. The monoisotopic (exact) mass is 237 g/mol. The summed E-state index contributed by atoms with van der Waals surface area (Å²) in [6.45, 7) is 2.42. The summed E-state index contributed by atoms with van der Waals surface area (Å²) in [7, 11) is 1.63. The Morgan fingerprint density at radius 2 is 2.18 bits per heavy atom. The molecule has 0 N–H and O–H groups in total. The van der Waals surface area contributed by atoms with Crippen molar-refractivity contribution in [1.82, 2.24) is 15.1 Å². The van der Waals surface area contributed by atoms with Gasteiger partial charge in [-0.1, -0.05) is 0 Å². The molecule has 1 aromatic rings. The molecule has 1 heterocycles. The van der Waals surface area contributed by atoms with E-state index in [1.807, 2.05) is 0 Å². The standard InChI is InChI=1S/C11H15N3O3/c1-3-17-10(15)5-7-14(2)11(16)9-4-6-12-13-8-9/h4,6,8H,3,5,7H2,1-2H3. The Labute approximate surface area is 99.6 Å². The van der Waals surface area contributed by atoms with Crippen molar-refractivity contribution < 1.29 is 14.3 Å². The molecule has 0 unspecified atom stereocenters. The zero-order chi connectivity index (χ0) is 12.7. The number of rotatable bonds is 5. The van der Waals surface area contributed by atoms with Gasteiger partial charge in [0.15, 0.2) is 0 Å². The summed E-state index contributed by atoms with van der Waals surface area (Å²) in [5.41, 5.74) is 0.450. The average molecular weight is 237 g/mol. The molecule has 0 fully saturated rings. The number of aromatic nitrogens is 2. The molecule has 0 aliphatic heterocycles. The van der Waals surface area contributed by atoms with Gasteiger partial charge in [-0.15, -0.1) is 0 Å². The number of nitrogens with zero attached hydrogens (tertiary/aromatic N) is 3. The molecule has 0 bridgehead atoms. The zero-order valence-corrected chi connectivity index (χ0v) is 9.92. The summed E-state index contributed by atoms with van der Waals surface area (Å²) in [5.74, 6) is -0.496. The van der Waals surface area contributed by atoms with Gasteiger partial charge in [-0.05, 0) is 13.0 Å². The van der Waals surface area contributed by atoms with Crippen LogP contribution in [0.2, 0.25) is 0 Å². The van der Waals surface area contributed by atoms with E-state index in [2.05, 4.69) is 10.2 Å². The second-order valence-corrected chi connectivity index (χ2v) is 3.41. The molecule has 17 heavy (non-hydrogen) atoms. The van der Waals surface area contributed by atoms with Gasteiger partial charge in [-0.2, -0.15) is 10.2 Å². The highest BCUT2D eigenvalue weighted by Crippen LogP contribution is 2.01. The van der Waals surface area contributed by atoms with Crippen molar-refractivity contribution in [2.45, 2.75) is 13.3 Å². The van der Waals surface area contributed by atoms with E-state index in [0.29, 0.717) is 18.7 Å². The van der Waals surface area contributed by atoms with Crippen LogP contribution in [0.25, 0.3) is 0 Å². The topological polar surface area (TPSA) is 72.4 Å². The Morgan fingerprint density at radius 3 is 2.76 bits per heavy atom. The SMILES string of the molecule is CCOC(=O)CCN(C)C(=O)c1ccnnc1. The molecule has 0 aromatic carbocycles. The van der Waals surface area contributed by atoms with Crippen LogP contribution in [0.4, 0.5) is 0 Å². The van der Waals surface area contributed by atoms with Gasteiger partial charge in [0.2, 0.25) is 0 Å². The van der Waals surface area contributed by atoms with Crippen molar-refractivity contribution in [3.05, 3.63) is 24.0 Å². The highest BCUT2D eigenvalue weighted by atomic mass is 16.5. The molecule has 92 valence electrons. The molecule has 0 aliphatic carbocycles. The maximum atomic E-state index is 11.8. The van der Waals surface area contributed by atoms with Gasteiger partial charge in [0.25, 0.3) is 5.91 Å². The lowest BCUT2D eigenvalue weighted by Crippen LogP contribution is -2.29. The van der Waals surface area contributed by atoms with Crippen molar-refractivity contribution in [3.63, 3.8) is 0 Å². The zero-order valence-electron chi connectivity index (χ0n) is 9.92. The minimum atomic E-state index is -0.306. The molecule has 0 saturated carbocycles. The maximum Gasteiger partial charge on any atom is 0.307 e. The first-order chi connectivity index (χ1) is 8.15. The quantitative estimate of drug-likeness (QED) is 0.697. The summed E-state index contributed by atoms with van der Waals surface area (Å²) in [6, 6.07) is 1.58. The van der Waals surface area contributed by atoms with Crippen molar-refractivity contribution in [2.24, 2.45) is 0 Å². The van der Waals surface area contributed by atoms with E-state index in [1.54, 1.807) is 20.0 Å². The molecule has 0 atom stereocenters. The Bertz CT molecular complexity index is 381. The Kier molecular flexibility index (Phi) is 5.06. The molecule has 0 spiro atoms. The summed E-state index contributed by atoms with van der Waals surface area (Å²) < 4.78 is 4.78. The third-order valence-corrected chi connectivity index (χ3v) is 2.13. The lowest BCUT2D eigenvalue weighted by atomic mass is 10.2. The van der Waals surface area contributed by atoms with E-state index in [4.69, 9.17) is 4.74 Å². The van der Waals surface area contributed by atoms with Crippen LogP contribution in [0.3, 0.4) is 0 Å². The first-order valence-corrected chi connectivity index (χ1v) is 5.33. The fourth-order valence-corrected chi connectivity index (χ4v) is 1.23. The third kappa shape index (κ3) is 4.18. The maximum absolute atomic E-state index is 11.8. The van der Waals surface area contributed by atoms with Gasteiger partial charge in [-0.25, -0.2) is 0 Å². The fourth-order valence-electron chi connectivity index (χ4n) is 1.23. The molecular formula is C11H15N3O3. The van der Waals surface area contributed by atoms with Crippen LogP contribution in [0, 0.1) is 0 Å². The largest absolute Gasteiger partial charge is 0.466 e. The first kappa shape index (κ1) is 13.1. The highest BCUT2D eigenvalue weighted by Gasteiger charge is 2.13. The Morgan fingerprint density at radius 1 is 1.41 bits per heavy atom. The predicted molar refractivity (Wildman–Crippen MR) is 60.2 cm³/mol. The summed E-state index contributed by atoms with van der Waals surface area (Å²) in [5, 5.41) is 7.21. The number of hydrogen-bond donors (Lipinski definition) is 0. The van der Waals surface area contributed by atoms with Gasteiger partial charge in [-0.3, -0.25) is 9.59 Å². The van der Waals surface area contributed by atoms with Gasteiger partial charge < -0.3 is 9.64 Å². The van der Waals surface area contributed by atoms with Gasteiger partial charge in [0.05, 0.1) is 31.0 Å². The Hall–Kier alpha value is -1.98. The molecule has 0 saturated heterocycles. The normalized spacial score (nSPS) is 9.76. The fraction of sp³-hybridized carbons (Fsp3) is 0.455. The molecule has 0 aliphatic rings. The predicted octanol–water partition coefficient (Wildman–Crippen LogP) is 0.502. The average Bonchev–Trinajstić information content (AvgIpc) is 2.36. The molecule has 6 heteroatoms. The minimum Gasteiger partial charge on any atom is -0.466 e. The smallest absolute Gasteiger partial charge is 0.307 e. The molecule has 0 radical (unpaired) electrons. The number of carbonyl (C=O) groups excluding carboxylic acids is 2. The molecular weight excluding hydrogens is 222 g/mol. The number of esters is 1. The van der Waals surface area contributed by atoms with Crippen molar-refractivity contribution in [1.29, 1.82) is 0 Å². The van der Waals surface area contributed by atoms with Gasteiger partial charge >= 0.3 is 5.97 Å². The van der Waals surface area contributed by atoms with Gasteiger partial charge in [0, 0.05) is 13.6 Å². The van der Waals surface area contributed by atoms with E-state index in [-0.39, 0.29) is 18.3 Å². The first-order valence-electron chi connectivity index (χ1n) is 5.33. The number of ether oxygens (including phenoxy) is 1. The van der Waals surface area contributed by atoms with Crippen LogP contribution >= 0.6 is 0 Å². The number of carbonyl (C=O) groups is 2. The van der Waals surface area contributed by atoms with E-state index < -0.39 is 0 Å². The number of hydrogen-bond acceptors (Lipinski definition) is 5. The van der Waals surface area contributed by atoms with Crippen LogP contribution in [0.1, 0.15) is 23.7 Å². The van der Waals surface area contributed by atoms with Crippen LogP contribution in [-0.4, -0.2) is 47.2 Å². The minimum absolute atomic E-state index is 0.189. The molecule has 1 rings (SSSR count). The highest BCUT2D eigenvalue weighted by molar-refractivity contribution is 5.93. The lowest BCUT2D eigenvalue weighted by Gasteiger charge is -2.16. The molecule has 6 nitrogen and oxygen atoms in total. The number of amides is 1. The van der Waals surface area contributed by atoms with Crippen LogP contribution < -0.4 is 0 Å². The lowest BCUT2D eigenvalue weighted by molar-refractivity contribution is -0.143. The van der Waals surface area contributed by atoms with E-state index in [1.165, 1.54) is 17.3 Å². The van der Waals surface area contributed by atoms with Crippen LogP contribution in [0.15, 0.2) is 18.5 Å². The summed E-state index contributed by atoms with van der Waals surface area (Å²) in [4.78, 5) is 24.4. The van der Waals surface area contributed by atoms with Crippen molar-refractivity contribution in [2.75, 3.05) is 20.2 Å². The van der Waals surface area contributed by atoms with Gasteiger partial charge in [0.1, 0.15) is 0 Å². The Balaban J connectivity index is 2.45. The van der Waals surface area contributed by atoms with Crippen LogP contribution in [0.5, 0.6) is 0 Å². The van der Waals surface area contributed by atoms with E-state index >= 15 is 0 Å².